The lowest BCUT2D eigenvalue weighted by Gasteiger charge is -2.18. The van der Waals surface area contributed by atoms with E-state index in [4.69, 9.17) is 9.47 Å². The second-order valence-corrected chi connectivity index (χ2v) is 4.31. The van der Waals surface area contributed by atoms with Crippen LogP contribution >= 0.6 is 0 Å². The third kappa shape index (κ3) is 2.73. The van der Waals surface area contributed by atoms with Crippen molar-refractivity contribution < 1.29 is 14.3 Å². The summed E-state index contributed by atoms with van der Waals surface area (Å²) in [6.07, 6.45) is 4.29. The maximum Gasteiger partial charge on any atom is 0.309 e. The van der Waals surface area contributed by atoms with E-state index in [0.717, 1.165) is 29.7 Å². The van der Waals surface area contributed by atoms with E-state index in [1.807, 2.05) is 19.1 Å². The van der Waals surface area contributed by atoms with Crippen molar-refractivity contribution in [3.8, 4) is 5.75 Å². The van der Waals surface area contributed by atoms with Crippen molar-refractivity contribution in [2.24, 2.45) is 0 Å². The van der Waals surface area contributed by atoms with Crippen molar-refractivity contribution in [3.63, 3.8) is 0 Å². The molecular weight excluding hydrogens is 228 g/mol. The Morgan fingerprint density at radius 3 is 2.89 bits per heavy atom. The molecule has 0 atom stereocenters. The van der Waals surface area contributed by atoms with Gasteiger partial charge in [0.25, 0.3) is 0 Å². The van der Waals surface area contributed by atoms with Crippen LogP contribution in [0.5, 0.6) is 5.75 Å². The number of rotatable bonds is 4. The Balaban J connectivity index is 2.17. The summed E-state index contributed by atoms with van der Waals surface area (Å²) in [6, 6.07) is 6.01. The van der Waals surface area contributed by atoms with Crippen LogP contribution in [0.1, 0.15) is 30.9 Å². The zero-order valence-corrected chi connectivity index (χ0v) is 10.9. The second-order valence-electron chi connectivity index (χ2n) is 4.31. The van der Waals surface area contributed by atoms with Gasteiger partial charge < -0.3 is 9.47 Å². The minimum absolute atomic E-state index is 0.143. The summed E-state index contributed by atoms with van der Waals surface area (Å²) in [5.41, 5.74) is 3.52. The van der Waals surface area contributed by atoms with E-state index in [-0.39, 0.29) is 5.97 Å². The SMILES string of the molecule is CCOC(=O)CC1=Cc2cccc(OC)c2CC1. The first kappa shape index (κ1) is 12.7. The first-order valence-corrected chi connectivity index (χ1v) is 6.25. The quantitative estimate of drug-likeness (QED) is 0.766. The van der Waals surface area contributed by atoms with Crippen LogP contribution < -0.4 is 4.74 Å². The van der Waals surface area contributed by atoms with Crippen LogP contribution in [-0.2, 0) is 16.0 Å². The average molecular weight is 246 g/mol. The van der Waals surface area contributed by atoms with Gasteiger partial charge in [0, 0.05) is 5.56 Å². The lowest BCUT2D eigenvalue weighted by atomic mass is 9.90. The highest BCUT2D eigenvalue weighted by Crippen LogP contribution is 2.32. The molecule has 1 aromatic carbocycles. The molecule has 3 nitrogen and oxygen atoms in total. The van der Waals surface area contributed by atoms with Gasteiger partial charge in [-0.25, -0.2) is 0 Å². The highest BCUT2D eigenvalue weighted by atomic mass is 16.5. The van der Waals surface area contributed by atoms with Gasteiger partial charge in [0.1, 0.15) is 5.75 Å². The number of methoxy groups -OCH3 is 1. The summed E-state index contributed by atoms with van der Waals surface area (Å²) in [7, 11) is 1.69. The van der Waals surface area contributed by atoms with Crippen LogP contribution in [-0.4, -0.2) is 19.7 Å². The molecule has 0 amide bonds. The van der Waals surface area contributed by atoms with E-state index in [2.05, 4.69) is 12.1 Å². The Morgan fingerprint density at radius 1 is 1.33 bits per heavy atom. The Hall–Kier alpha value is -1.77. The largest absolute Gasteiger partial charge is 0.496 e. The smallest absolute Gasteiger partial charge is 0.309 e. The third-order valence-corrected chi connectivity index (χ3v) is 3.12. The molecule has 0 saturated heterocycles. The lowest BCUT2D eigenvalue weighted by molar-refractivity contribution is -0.142. The predicted octanol–water partition coefficient (Wildman–Crippen LogP) is 2.98. The molecule has 0 bridgehead atoms. The van der Waals surface area contributed by atoms with Crippen LogP contribution in [0.25, 0.3) is 6.08 Å². The van der Waals surface area contributed by atoms with Gasteiger partial charge >= 0.3 is 5.97 Å². The number of carbonyl (C=O) groups is 1. The monoisotopic (exact) mass is 246 g/mol. The van der Waals surface area contributed by atoms with E-state index in [9.17, 15) is 4.79 Å². The zero-order chi connectivity index (χ0) is 13.0. The van der Waals surface area contributed by atoms with Crippen molar-refractivity contribution in [3.05, 3.63) is 34.9 Å². The van der Waals surface area contributed by atoms with Gasteiger partial charge in [0.05, 0.1) is 20.1 Å². The lowest BCUT2D eigenvalue weighted by Crippen LogP contribution is -2.08. The molecule has 0 heterocycles. The van der Waals surface area contributed by atoms with Crippen molar-refractivity contribution in [2.45, 2.75) is 26.2 Å². The third-order valence-electron chi connectivity index (χ3n) is 3.12. The fraction of sp³-hybridized carbons (Fsp3) is 0.400. The van der Waals surface area contributed by atoms with E-state index in [1.165, 1.54) is 5.56 Å². The molecule has 0 saturated carbocycles. The van der Waals surface area contributed by atoms with E-state index in [1.54, 1.807) is 7.11 Å². The highest BCUT2D eigenvalue weighted by Gasteiger charge is 2.16. The summed E-state index contributed by atoms with van der Waals surface area (Å²) in [4.78, 5) is 11.5. The van der Waals surface area contributed by atoms with Crippen LogP contribution in [0.3, 0.4) is 0 Å². The molecule has 0 radical (unpaired) electrons. The zero-order valence-electron chi connectivity index (χ0n) is 10.9. The van der Waals surface area contributed by atoms with Crippen molar-refractivity contribution in [2.75, 3.05) is 13.7 Å². The van der Waals surface area contributed by atoms with Crippen molar-refractivity contribution >= 4 is 12.0 Å². The van der Waals surface area contributed by atoms with E-state index < -0.39 is 0 Å². The van der Waals surface area contributed by atoms with Gasteiger partial charge in [-0.3, -0.25) is 4.79 Å². The van der Waals surface area contributed by atoms with E-state index >= 15 is 0 Å². The molecule has 1 aromatic rings. The number of ether oxygens (including phenoxy) is 2. The maximum atomic E-state index is 11.5. The molecule has 0 unspecified atom stereocenters. The molecule has 96 valence electrons. The molecule has 0 fully saturated rings. The van der Waals surface area contributed by atoms with Gasteiger partial charge in [0.15, 0.2) is 0 Å². The van der Waals surface area contributed by atoms with Gasteiger partial charge in [-0.05, 0) is 31.4 Å². The molecule has 0 N–H and O–H groups in total. The van der Waals surface area contributed by atoms with Gasteiger partial charge in [0.2, 0.25) is 0 Å². The Labute approximate surface area is 107 Å². The van der Waals surface area contributed by atoms with Crippen LogP contribution in [0.4, 0.5) is 0 Å². The van der Waals surface area contributed by atoms with E-state index in [0.29, 0.717) is 13.0 Å². The summed E-state index contributed by atoms with van der Waals surface area (Å²) < 4.78 is 10.3. The number of carbonyl (C=O) groups excluding carboxylic acids is 1. The highest BCUT2D eigenvalue weighted by molar-refractivity contribution is 5.76. The number of hydrogen-bond acceptors (Lipinski definition) is 3. The normalized spacial score (nSPS) is 13.6. The first-order valence-electron chi connectivity index (χ1n) is 6.25. The molecule has 0 aromatic heterocycles. The standard InChI is InChI=1S/C15H18O3/c1-3-18-15(16)10-11-7-8-13-12(9-11)5-4-6-14(13)17-2/h4-6,9H,3,7-8,10H2,1-2H3. The van der Waals surface area contributed by atoms with Gasteiger partial charge in [-0.1, -0.05) is 23.8 Å². The molecule has 0 spiro atoms. The molecule has 3 heteroatoms. The van der Waals surface area contributed by atoms with Gasteiger partial charge in [-0.2, -0.15) is 0 Å². The van der Waals surface area contributed by atoms with Crippen molar-refractivity contribution in [1.29, 1.82) is 0 Å². The Bertz CT molecular complexity index is 475. The number of hydrogen-bond donors (Lipinski definition) is 0. The molecule has 2 rings (SSSR count). The molecule has 18 heavy (non-hydrogen) atoms. The minimum Gasteiger partial charge on any atom is -0.496 e. The second kappa shape index (κ2) is 5.71. The average Bonchev–Trinajstić information content (AvgIpc) is 2.38. The fourth-order valence-corrected chi connectivity index (χ4v) is 2.29. The predicted molar refractivity (Wildman–Crippen MR) is 70.5 cm³/mol. The number of esters is 1. The first-order chi connectivity index (χ1) is 8.74. The minimum atomic E-state index is -0.143. The summed E-state index contributed by atoms with van der Waals surface area (Å²) in [5.74, 6) is 0.786. The summed E-state index contributed by atoms with van der Waals surface area (Å²) in [5, 5.41) is 0. The topological polar surface area (TPSA) is 35.5 Å². The van der Waals surface area contributed by atoms with Crippen molar-refractivity contribution in [1.82, 2.24) is 0 Å². The summed E-state index contributed by atoms with van der Waals surface area (Å²) in [6.45, 7) is 2.27. The maximum absolute atomic E-state index is 11.5. The Morgan fingerprint density at radius 2 is 2.17 bits per heavy atom. The number of benzene rings is 1. The van der Waals surface area contributed by atoms with Crippen LogP contribution in [0.15, 0.2) is 23.8 Å². The molecular formula is C15H18O3. The molecule has 1 aliphatic rings. The fourth-order valence-electron chi connectivity index (χ4n) is 2.29. The van der Waals surface area contributed by atoms with Crippen LogP contribution in [0, 0.1) is 0 Å². The van der Waals surface area contributed by atoms with Gasteiger partial charge in [-0.15, -0.1) is 0 Å². The van der Waals surface area contributed by atoms with Crippen LogP contribution in [0.2, 0.25) is 0 Å². The number of fused-ring (bicyclic) bond motifs is 1. The molecule has 0 aliphatic heterocycles. The molecule has 1 aliphatic carbocycles. The Kier molecular flexibility index (Phi) is 4.03. The summed E-state index contributed by atoms with van der Waals surface area (Å²) >= 11 is 0.